The fraction of sp³-hybridized carbons (Fsp3) is 0. The van der Waals surface area contributed by atoms with Gasteiger partial charge in [-0.15, -0.1) is 0 Å². The Morgan fingerprint density at radius 1 is 0.373 bits per heavy atom. The average Bonchev–Trinajstić information content (AvgIpc) is 3.72. The van der Waals surface area contributed by atoms with Crippen LogP contribution in [0, 0.1) is 0 Å². The van der Waals surface area contributed by atoms with Gasteiger partial charge in [0, 0.05) is 39.6 Å². The molecule has 51 heavy (non-hydrogen) atoms. The van der Waals surface area contributed by atoms with Crippen LogP contribution in [-0.4, -0.2) is 9.55 Å². The van der Waals surface area contributed by atoms with E-state index >= 15 is 0 Å². The maximum Gasteiger partial charge on any atom is 0.0620 e. The van der Waals surface area contributed by atoms with Crippen molar-refractivity contribution < 1.29 is 0 Å². The molecule has 0 spiro atoms. The van der Waals surface area contributed by atoms with Crippen LogP contribution < -0.4 is 0 Å². The molecule has 1 aliphatic rings. The van der Waals surface area contributed by atoms with Crippen LogP contribution in [0.5, 0.6) is 0 Å². The van der Waals surface area contributed by atoms with E-state index in [0.29, 0.717) is 0 Å². The van der Waals surface area contributed by atoms with Gasteiger partial charge in [-0.25, -0.2) is 0 Å². The molecule has 0 radical (unpaired) electrons. The van der Waals surface area contributed by atoms with Crippen molar-refractivity contribution >= 4 is 43.4 Å². The average molecular weight is 647 g/mol. The minimum Gasteiger partial charge on any atom is -0.309 e. The van der Waals surface area contributed by atoms with Crippen LogP contribution in [0.4, 0.5) is 0 Å². The van der Waals surface area contributed by atoms with Gasteiger partial charge in [-0.2, -0.15) is 0 Å². The van der Waals surface area contributed by atoms with Crippen LogP contribution in [0.15, 0.2) is 182 Å². The van der Waals surface area contributed by atoms with E-state index in [1.807, 2.05) is 12.4 Å². The Hall–Kier alpha value is -6.77. The molecule has 236 valence electrons. The minimum absolute atomic E-state index is 1.14. The van der Waals surface area contributed by atoms with Crippen molar-refractivity contribution in [1.29, 1.82) is 0 Å². The second-order valence-electron chi connectivity index (χ2n) is 13.6. The van der Waals surface area contributed by atoms with Gasteiger partial charge in [0.15, 0.2) is 0 Å². The van der Waals surface area contributed by atoms with Crippen molar-refractivity contribution in [3.8, 4) is 61.3 Å². The monoisotopic (exact) mass is 646 g/mol. The molecule has 0 saturated heterocycles. The lowest BCUT2D eigenvalue weighted by atomic mass is 9.93. The molecule has 0 fully saturated rings. The first kappa shape index (κ1) is 28.1. The van der Waals surface area contributed by atoms with E-state index in [1.54, 1.807) is 0 Å². The molecule has 0 aliphatic heterocycles. The zero-order chi connectivity index (χ0) is 33.5. The van der Waals surface area contributed by atoms with Crippen molar-refractivity contribution in [1.82, 2.24) is 9.55 Å². The van der Waals surface area contributed by atoms with Crippen molar-refractivity contribution in [3.05, 3.63) is 182 Å². The van der Waals surface area contributed by atoms with Crippen LogP contribution in [-0.2, 0) is 0 Å². The van der Waals surface area contributed by atoms with E-state index in [0.717, 1.165) is 11.1 Å². The fourth-order valence-electron chi connectivity index (χ4n) is 8.48. The number of fused-ring (bicyclic) bond motifs is 8. The maximum atomic E-state index is 4.44. The number of hydrogen-bond acceptors (Lipinski definition) is 1. The van der Waals surface area contributed by atoms with Gasteiger partial charge in [-0.1, -0.05) is 140 Å². The van der Waals surface area contributed by atoms with Crippen LogP contribution in [0.3, 0.4) is 0 Å². The number of rotatable bonds is 4. The summed E-state index contributed by atoms with van der Waals surface area (Å²) in [7, 11) is 0. The highest BCUT2D eigenvalue weighted by Gasteiger charge is 2.22. The van der Waals surface area contributed by atoms with E-state index in [-0.39, 0.29) is 0 Å². The molecule has 0 unspecified atom stereocenters. The Morgan fingerprint density at radius 2 is 1.04 bits per heavy atom. The molecule has 2 nitrogen and oxygen atoms in total. The highest BCUT2D eigenvalue weighted by Crippen LogP contribution is 2.49. The molecule has 11 rings (SSSR count). The summed E-state index contributed by atoms with van der Waals surface area (Å²) in [6.45, 7) is 0. The fourth-order valence-corrected chi connectivity index (χ4v) is 8.48. The molecule has 1 aliphatic carbocycles. The molecule has 8 aromatic carbocycles. The van der Waals surface area contributed by atoms with Crippen molar-refractivity contribution in [2.24, 2.45) is 0 Å². The Morgan fingerprint density at radius 3 is 1.90 bits per heavy atom. The summed E-state index contributed by atoms with van der Waals surface area (Å²) in [6, 6.07) is 62.3. The second kappa shape index (κ2) is 10.9. The topological polar surface area (TPSA) is 17.8 Å². The van der Waals surface area contributed by atoms with Gasteiger partial charge in [0.05, 0.1) is 11.0 Å². The zero-order valence-corrected chi connectivity index (χ0v) is 27.7. The number of hydrogen-bond donors (Lipinski definition) is 0. The molecule has 10 aromatic rings. The van der Waals surface area contributed by atoms with E-state index in [9.17, 15) is 0 Å². The summed E-state index contributed by atoms with van der Waals surface area (Å²) in [5, 5.41) is 7.48. The van der Waals surface area contributed by atoms with Crippen molar-refractivity contribution in [2.45, 2.75) is 0 Å². The van der Waals surface area contributed by atoms with Gasteiger partial charge < -0.3 is 4.57 Å². The van der Waals surface area contributed by atoms with E-state index in [1.165, 1.54) is 93.6 Å². The molecule has 0 amide bonds. The molecular formula is C49H30N2. The van der Waals surface area contributed by atoms with Crippen molar-refractivity contribution in [3.63, 3.8) is 0 Å². The maximum absolute atomic E-state index is 4.44. The third-order valence-electron chi connectivity index (χ3n) is 10.8. The minimum atomic E-state index is 1.14. The smallest absolute Gasteiger partial charge is 0.0620 e. The Balaban J connectivity index is 1.05. The normalized spacial score (nSPS) is 11.9. The summed E-state index contributed by atoms with van der Waals surface area (Å²) in [5.74, 6) is 0. The summed E-state index contributed by atoms with van der Waals surface area (Å²) < 4.78 is 2.43. The van der Waals surface area contributed by atoms with E-state index in [4.69, 9.17) is 0 Å². The van der Waals surface area contributed by atoms with Crippen molar-refractivity contribution in [2.75, 3.05) is 0 Å². The van der Waals surface area contributed by atoms with Gasteiger partial charge in [0.2, 0.25) is 0 Å². The van der Waals surface area contributed by atoms with Gasteiger partial charge in [0.25, 0.3) is 0 Å². The summed E-state index contributed by atoms with van der Waals surface area (Å²) >= 11 is 0. The highest BCUT2D eigenvalue weighted by atomic mass is 15.0. The van der Waals surface area contributed by atoms with Gasteiger partial charge >= 0.3 is 0 Å². The lowest BCUT2D eigenvalue weighted by molar-refractivity contribution is 1.19. The number of nitrogens with zero attached hydrogens (tertiary/aromatic N) is 2. The first-order valence-electron chi connectivity index (χ1n) is 17.5. The summed E-state index contributed by atoms with van der Waals surface area (Å²) in [5.41, 5.74) is 16.2. The third kappa shape index (κ3) is 4.20. The first-order chi connectivity index (χ1) is 25.3. The molecule has 0 saturated carbocycles. The summed E-state index contributed by atoms with van der Waals surface area (Å²) in [4.78, 5) is 4.44. The van der Waals surface area contributed by atoms with Gasteiger partial charge in [-0.3, -0.25) is 4.98 Å². The zero-order valence-electron chi connectivity index (χ0n) is 27.7. The third-order valence-corrected chi connectivity index (χ3v) is 10.8. The molecule has 0 bridgehead atoms. The molecule has 2 heterocycles. The molecule has 0 atom stereocenters. The lowest BCUT2D eigenvalue weighted by Crippen LogP contribution is -1.95. The predicted molar refractivity (Wildman–Crippen MR) is 214 cm³/mol. The van der Waals surface area contributed by atoms with Crippen LogP contribution in [0.1, 0.15) is 0 Å². The Kier molecular flexibility index (Phi) is 5.99. The van der Waals surface area contributed by atoms with E-state index in [2.05, 4.69) is 179 Å². The molecule has 0 N–H and O–H groups in total. The van der Waals surface area contributed by atoms with Crippen LogP contribution in [0.25, 0.3) is 105 Å². The van der Waals surface area contributed by atoms with Crippen LogP contribution in [0.2, 0.25) is 0 Å². The molecule has 2 aromatic heterocycles. The Labute approximate surface area is 295 Å². The summed E-state index contributed by atoms with van der Waals surface area (Å²) in [6.07, 6.45) is 3.86. The number of pyridine rings is 1. The molecule has 2 heteroatoms. The number of aromatic nitrogens is 2. The lowest BCUT2D eigenvalue weighted by Gasteiger charge is -2.12. The Bertz CT molecular complexity index is 2980. The standard InChI is InChI=1S/C49H30N2/c1-2-8-31(9-3-1)34-10-6-11-37(28-34)51-47-25-21-35(29-46(47)45-22-20-36-30-50-27-26-39(36)49(45)51)32-16-18-33(19-17-32)38-23-24-44-41-13-5-4-12-40(41)43-15-7-14-42(38)48(43)44/h1-30H. The first-order valence-corrected chi connectivity index (χ1v) is 17.5. The van der Waals surface area contributed by atoms with Gasteiger partial charge in [0.1, 0.15) is 0 Å². The largest absolute Gasteiger partial charge is 0.309 e. The number of benzene rings is 8. The highest BCUT2D eigenvalue weighted by molar-refractivity contribution is 6.20. The van der Waals surface area contributed by atoms with Gasteiger partial charge in [-0.05, 0) is 96.7 Å². The SMILES string of the molecule is c1ccc(-c2cccc(-n3c4ccc(-c5ccc(-c6ccc7c8c(cccc68)-c6ccccc6-7)cc5)cc4c4ccc5cnccc5c43)c2)cc1. The molecular weight excluding hydrogens is 617 g/mol. The quantitative estimate of drug-likeness (QED) is 0.186. The van der Waals surface area contributed by atoms with Crippen LogP contribution >= 0.6 is 0 Å². The van der Waals surface area contributed by atoms with E-state index < -0.39 is 0 Å². The predicted octanol–water partition coefficient (Wildman–Crippen LogP) is 13.1. The second-order valence-corrected chi connectivity index (χ2v) is 13.6.